The summed E-state index contributed by atoms with van der Waals surface area (Å²) in [5, 5.41) is 0. The topological polar surface area (TPSA) is 42.1 Å². The maximum Gasteiger partial charge on any atom is 0.128 e. The lowest BCUT2D eigenvalue weighted by Gasteiger charge is -2.22. The van der Waals surface area contributed by atoms with Gasteiger partial charge in [-0.1, -0.05) is 36.4 Å². The van der Waals surface area contributed by atoms with Crippen molar-refractivity contribution in [3.8, 4) is 0 Å². The second-order valence-electron chi connectivity index (χ2n) is 4.56. The molecule has 1 aromatic carbocycles. The van der Waals surface area contributed by atoms with Crippen molar-refractivity contribution in [3.63, 3.8) is 0 Å². The number of nitrogens with zero attached hydrogens (tertiary/aromatic N) is 2. The SMILES string of the molecule is CCN(Cc1ccccc1)c1ccc(CCN)cn1. The first kappa shape index (κ1) is 13.6. The van der Waals surface area contributed by atoms with Crippen molar-refractivity contribution >= 4 is 5.82 Å². The quantitative estimate of drug-likeness (QED) is 0.862. The smallest absolute Gasteiger partial charge is 0.128 e. The molecule has 0 aliphatic heterocycles. The standard InChI is InChI=1S/C16H21N3/c1-2-19(13-15-6-4-3-5-7-15)16-9-8-14(10-11-17)12-18-16/h3-9,12H,2,10-11,13,17H2,1H3. The summed E-state index contributed by atoms with van der Waals surface area (Å²) >= 11 is 0. The van der Waals surface area contributed by atoms with Crippen LogP contribution < -0.4 is 10.6 Å². The third kappa shape index (κ3) is 3.80. The average molecular weight is 255 g/mol. The van der Waals surface area contributed by atoms with E-state index in [0.717, 1.165) is 25.3 Å². The van der Waals surface area contributed by atoms with E-state index < -0.39 is 0 Å². The van der Waals surface area contributed by atoms with Crippen LogP contribution in [0.2, 0.25) is 0 Å². The molecule has 0 bridgehead atoms. The van der Waals surface area contributed by atoms with Crippen molar-refractivity contribution in [2.24, 2.45) is 5.73 Å². The summed E-state index contributed by atoms with van der Waals surface area (Å²) in [6, 6.07) is 14.7. The molecule has 0 amide bonds. The van der Waals surface area contributed by atoms with Crippen molar-refractivity contribution in [2.45, 2.75) is 19.9 Å². The van der Waals surface area contributed by atoms with Crippen molar-refractivity contribution in [2.75, 3.05) is 18.0 Å². The van der Waals surface area contributed by atoms with Crippen LogP contribution in [0.25, 0.3) is 0 Å². The minimum absolute atomic E-state index is 0.669. The van der Waals surface area contributed by atoms with E-state index in [1.165, 1.54) is 11.1 Å². The summed E-state index contributed by atoms with van der Waals surface area (Å²) in [7, 11) is 0. The van der Waals surface area contributed by atoms with Gasteiger partial charge in [-0.3, -0.25) is 0 Å². The highest BCUT2D eigenvalue weighted by Gasteiger charge is 2.06. The average Bonchev–Trinajstić information content (AvgIpc) is 2.47. The fourth-order valence-electron chi connectivity index (χ4n) is 2.08. The van der Waals surface area contributed by atoms with E-state index in [0.29, 0.717) is 6.54 Å². The first-order chi connectivity index (χ1) is 9.33. The molecule has 0 saturated carbocycles. The molecule has 0 aliphatic rings. The summed E-state index contributed by atoms with van der Waals surface area (Å²) < 4.78 is 0. The molecular formula is C16H21N3. The number of hydrogen-bond donors (Lipinski definition) is 1. The molecule has 100 valence electrons. The number of benzene rings is 1. The number of rotatable bonds is 6. The molecule has 0 fully saturated rings. The van der Waals surface area contributed by atoms with Crippen molar-refractivity contribution in [1.82, 2.24) is 4.98 Å². The first-order valence-electron chi connectivity index (χ1n) is 6.77. The fourth-order valence-corrected chi connectivity index (χ4v) is 2.08. The molecule has 2 aromatic rings. The van der Waals surface area contributed by atoms with E-state index in [1.54, 1.807) is 0 Å². The van der Waals surface area contributed by atoms with Crippen LogP contribution >= 0.6 is 0 Å². The molecular weight excluding hydrogens is 234 g/mol. The van der Waals surface area contributed by atoms with Gasteiger partial charge in [-0.05, 0) is 37.1 Å². The normalized spacial score (nSPS) is 10.4. The molecule has 1 aromatic heterocycles. The minimum atomic E-state index is 0.669. The minimum Gasteiger partial charge on any atom is -0.353 e. The summed E-state index contributed by atoms with van der Waals surface area (Å²) in [5.41, 5.74) is 8.05. The Morgan fingerprint density at radius 2 is 1.84 bits per heavy atom. The highest BCUT2D eigenvalue weighted by atomic mass is 15.2. The van der Waals surface area contributed by atoms with Crippen molar-refractivity contribution in [3.05, 3.63) is 59.8 Å². The molecule has 3 heteroatoms. The Bertz CT molecular complexity index is 479. The Morgan fingerprint density at radius 1 is 1.05 bits per heavy atom. The van der Waals surface area contributed by atoms with Crippen LogP contribution in [0.3, 0.4) is 0 Å². The summed E-state index contributed by atoms with van der Waals surface area (Å²) in [4.78, 5) is 6.80. The Hall–Kier alpha value is -1.87. The van der Waals surface area contributed by atoms with E-state index in [1.807, 2.05) is 12.3 Å². The molecule has 2 rings (SSSR count). The number of pyridine rings is 1. The van der Waals surface area contributed by atoms with E-state index in [4.69, 9.17) is 5.73 Å². The van der Waals surface area contributed by atoms with Gasteiger partial charge in [0.15, 0.2) is 0 Å². The van der Waals surface area contributed by atoms with Crippen molar-refractivity contribution < 1.29 is 0 Å². The lowest BCUT2D eigenvalue weighted by molar-refractivity contribution is 0.811. The maximum absolute atomic E-state index is 5.55. The number of aromatic nitrogens is 1. The summed E-state index contributed by atoms with van der Waals surface area (Å²) in [6.07, 6.45) is 2.81. The molecule has 3 nitrogen and oxygen atoms in total. The second-order valence-corrected chi connectivity index (χ2v) is 4.56. The van der Waals surface area contributed by atoms with E-state index >= 15 is 0 Å². The largest absolute Gasteiger partial charge is 0.353 e. The Morgan fingerprint density at radius 3 is 2.42 bits per heavy atom. The summed E-state index contributed by atoms with van der Waals surface area (Å²) in [5.74, 6) is 1.02. The van der Waals surface area contributed by atoms with Gasteiger partial charge in [0.2, 0.25) is 0 Å². The van der Waals surface area contributed by atoms with Gasteiger partial charge >= 0.3 is 0 Å². The Labute approximate surface area is 115 Å². The predicted molar refractivity (Wildman–Crippen MR) is 80.2 cm³/mol. The van der Waals surface area contributed by atoms with Crippen LogP contribution in [0.4, 0.5) is 5.82 Å². The summed E-state index contributed by atoms with van der Waals surface area (Å²) in [6.45, 7) is 4.65. The van der Waals surface area contributed by atoms with Gasteiger partial charge in [0.05, 0.1) is 0 Å². The van der Waals surface area contributed by atoms with Crippen LogP contribution in [-0.4, -0.2) is 18.1 Å². The van der Waals surface area contributed by atoms with Crippen LogP contribution in [0.5, 0.6) is 0 Å². The van der Waals surface area contributed by atoms with Crippen LogP contribution in [0.15, 0.2) is 48.7 Å². The Balaban J connectivity index is 2.08. The third-order valence-electron chi connectivity index (χ3n) is 3.16. The lowest BCUT2D eigenvalue weighted by atomic mass is 10.2. The van der Waals surface area contributed by atoms with Gasteiger partial charge in [0.25, 0.3) is 0 Å². The molecule has 0 atom stereocenters. The highest BCUT2D eigenvalue weighted by molar-refractivity contribution is 5.40. The van der Waals surface area contributed by atoms with E-state index in [2.05, 4.69) is 53.2 Å². The van der Waals surface area contributed by atoms with Gasteiger partial charge < -0.3 is 10.6 Å². The zero-order valence-corrected chi connectivity index (χ0v) is 11.4. The number of nitrogens with two attached hydrogens (primary N) is 1. The highest BCUT2D eigenvalue weighted by Crippen LogP contribution is 2.14. The lowest BCUT2D eigenvalue weighted by Crippen LogP contribution is -2.23. The van der Waals surface area contributed by atoms with Gasteiger partial charge in [0, 0.05) is 19.3 Å². The Kier molecular flexibility index (Phi) is 4.93. The molecule has 0 saturated heterocycles. The van der Waals surface area contributed by atoms with Gasteiger partial charge in [-0.25, -0.2) is 4.98 Å². The number of anilines is 1. The van der Waals surface area contributed by atoms with E-state index in [-0.39, 0.29) is 0 Å². The molecule has 0 unspecified atom stereocenters. The molecule has 0 spiro atoms. The monoisotopic (exact) mass is 255 g/mol. The first-order valence-corrected chi connectivity index (χ1v) is 6.77. The predicted octanol–water partition coefficient (Wildman–Crippen LogP) is 2.61. The third-order valence-corrected chi connectivity index (χ3v) is 3.16. The van der Waals surface area contributed by atoms with E-state index in [9.17, 15) is 0 Å². The van der Waals surface area contributed by atoms with Gasteiger partial charge in [-0.2, -0.15) is 0 Å². The molecule has 0 aliphatic carbocycles. The van der Waals surface area contributed by atoms with Crippen molar-refractivity contribution in [1.29, 1.82) is 0 Å². The second kappa shape index (κ2) is 6.90. The van der Waals surface area contributed by atoms with Gasteiger partial charge in [0.1, 0.15) is 5.82 Å². The zero-order valence-electron chi connectivity index (χ0n) is 11.4. The molecule has 2 N–H and O–H groups in total. The van der Waals surface area contributed by atoms with Crippen LogP contribution in [-0.2, 0) is 13.0 Å². The fraction of sp³-hybridized carbons (Fsp3) is 0.312. The van der Waals surface area contributed by atoms with Crippen LogP contribution in [0.1, 0.15) is 18.1 Å². The van der Waals surface area contributed by atoms with Gasteiger partial charge in [-0.15, -0.1) is 0 Å². The molecule has 19 heavy (non-hydrogen) atoms. The number of hydrogen-bond acceptors (Lipinski definition) is 3. The zero-order chi connectivity index (χ0) is 13.5. The molecule has 1 heterocycles. The maximum atomic E-state index is 5.55. The molecule has 0 radical (unpaired) electrons. The van der Waals surface area contributed by atoms with Crippen LogP contribution in [0, 0.1) is 0 Å².